The van der Waals surface area contributed by atoms with E-state index in [0.29, 0.717) is 6.04 Å². The molecule has 0 saturated carbocycles. The summed E-state index contributed by atoms with van der Waals surface area (Å²) in [5, 5.41) is 5.57. The zero-order valence-corrected chi connectivity index (χ0v) is 11.3. The summed E-state index contributed by atoms with van der Waals surface area (Å²) in [6.07, 6.45) is 1.87. The first-order valence-electron chi connectivity index (χ1n) is 6.28. The Labute approximate surface area is 112 Å². The lowest BCUT2D eigenvalue weighted by Crippen LogP contribution is -2.32. The van der Waals surface area contributed by atoms with Gasteiger partial charge >= 0.3 is 0 Å². The fourth-order valence-corrected chi connectivity index (χ4v) is 2.91. The van der Waals surface area contributed by atoms with Crippen LogP contribution in [0.15, 0.2) is 41.8 Å². The maximum atomic E-state index is 13.2. The predicted octanol–water partition coefficient (Wildman–Crippen LogP) is 3.65. The lowest BCUT2D eigenvalue weighted by Gasteiger charge is -2.17. The van der Waals surface area contributed by atoms with Gasteiger partial charge in [0, 0.05) is 10.9 Å². The number of rotatable bonds is 6. The van der Waals surface area contributed by atoms with Gasteiger partial charge in [-0.15, -0.1) is 11.3 Å². The highest BCUT2D eigenvalue weighted by Crippen LogP contribution is 2.14. The standard InChI is InChI=1S/C15H18FNS/c1-2-17-14(11-15-7-4-8-18-15)10-12-5-3-6-13(16)9-12/h3-9,14,17H,2,10-11H2,1H3. The van der Waals surface area contributed by atoms with E-state index >= 15 is 0 Å². The first-order chi connectivity index (χ1) is 8.78. The molecule has 1 N–H and O–H groups in total. The molecule has 0 spiro atoms. The van der Waals surface area contributed by atoms with Crippen molar-refractivity contribution < 1.29 is 4.39 Å². The third-order valence-corrected chi connectivity index (χ3v) is 3.79. The Bertz CT molecular complexity index is 467. The van der Waals surface area contributed by atoms with Crippen LogP contribution in [0.5, 0.6) is 0 Å². The van der Waals surface area contributed by atoms with Crippen LogP contribution >= 0.6 is 11.3 Å². The smallest absolute Gasteiger partial charge is 0.123 e. The second-order valence-electron chi connectivity index (χ2n) is 4.37. The lowest BCUT2D eigenvalue weighted by molar-refractivity contribution is 0.522. The van der Waals surface area contributed by atoms with Crippen LogP contribution in [-0.4, -0.2) is 12.6 Å². The van der Waals surface area contributed by atoms with Crippen molar-refractivity contribution in [3.8, 4) is 0 Å². The van der Waals surface area contributed by atoms with Crippen LogP contribution < -0.4 is 5.32 Å². The highest BCUT2D eigenvalue weighted by molar-refractivity contribution is 7.09. The molecule has 18 heavy (non-hydrogen) atoms. The van der Waals surface area contributed by atoms with Gasteiger partial charge in [0.25, 0.3) is 0 Å². The Morgan fingerprint density at radius 2 is 2.11 bits per heavy atom. The zero-order chi connectivity index (χ0) is 12.8. The van der Waals surface area contributed by atoms with E-state index in [9.17, 15) is 4.39 Å². The Hall–Kier alpha value is -1.19. The van der Waals surface area contributed by atoms with Crippen LogP contribution in [0.1, 0.15) is 17.4 Å². The number of benzene rings is 1. The molecular formula is C15H18FNS. The number of thiophene rings is 1. The van der Waals surface area contributed by atoms with Crippen LogP contribution in [0.3, 0.4) is 0 Å². The van der Waals surface area contributed by atoms with Gasteiger partial charge in [-0.3, -0.25) is 0 Å². The number of hydrogen-bond donors (Lipinski definition) is 1. The monoisotopic (exact) mass is 263 g/mol. The highest BCUT2D eigenvalue weighted by atomic mass is 32.1. The minimum Gasteiger partial charge on any atom is -0.314 e. The van der Waals surface area contributed by atoms with Crippen molar-refractivity contribution in [1.82, 2.24) is 5.32 Å². The summed E-state index contributed by atoms with van der Waals surface area (Å²) in [5.41, 5.74) is 1.05. The third kappa shape index (κ3) is 3.93. The molecule has 1 aromatic heterocycles. The second-order valence-corrected chi connectivity index (χ2v) is 5.40. The van der Waals surface area contributed by atoms with Crippen molar-refractivity contribution in [3.05, 3.63) is 58.0 Å². The summed E-state index contributed by atoms with van der Waals surface area (Å²) in [7, 11) is 0. The number of halogens is 1. The molecule has 2 aromatic rings. The van der Waals surface area contributed by atoms with Crippen LogP contribution in [-0.2, 0) is 12.8 Å². The highest BCUT2D eigenvalue weighted by Gasteiger charge is 2.10. The normalized spacial score (nSPS) is 12.6. The maximum Gasteiger partial charge on any atom is 0.123 e. The third-order valence-electron chi connectivity index (χ3n) is 2.89. The maximum absolute atomic E-state index is 13.2. The second kappa shape index (κ2) is 6.66. The van der Waals surface area contributed by atoms with Gasteiger partial charge in [0.15, 0.2) is 0 Å². The van der Waals surface area contributed by atoms with Crippen molar-refractivity contribution in [2.45, 2.75) is 25.8 Å². The van der Waals surface area contributed by atoms with E-state index in [-0.39, 0.29) is 5.82 Å². The van der Waals surface area contributed by atoms with E-state index in [0.717, 1.165) is 24.9 Å². The molecule has 3 heteroatoms. The minimum absolute atomic E-state index is 0.154. The Kier molecular flexibility index (Phi) is 4.90. The molecule has 1 heterocycles. The van der Waals surface area contributed by atoms with Crippen molar-refractivity contribution in [3.63, 3.8) is 0 Å². The molecule has 2 rings (SSSR count). The Morgan fingerprint density at radius 3 is 2.78 bits per heavy atom. The van der Waals surface area contributed by atoms with Gasteiger partial charge in [-0.05, 0) is 48.5 Å². The summed E-state index contributed by atoms with van der Waals surface area (Å²) in [5.74, 6) is -0.154. The zero-order valence-electron chi connectivity index (χ0n) is 10.5. The largest absolute Gasteiger partial charge is 0.314 e. The van der Waals surface area contributed by atoms with Crippen LogP contribution in [0.25, 0.3) is 0 Å². The predicted molar refractivity (Wildman–Crippen MR) is 75.6 cm³/mol. The van der Waals surface area contributed by atoms with Gasteiger partial charge in [0.1, 0.15) is 5.82 Å². The molecule has 1 unspecified atom stereocenters. The first kappa shape index (κ1) is 13.2. The first-order valence-corrected chi connectivity index (χ1v) is 7.16. The van der Waals surface area contributed by atoms with Crippen molar-refractivity contribution in [1.29, 1.82) is 0 Å². The molecule has 96 valence electrons. The van der Waals surface area contributed by atoms with Gasteiger partial charge < -0.3 is 5.32 Å². The molecule has 0 aliphatic heterocycles. The van der Waals surface area contributed by atoms with Gasteiger partial charge in [-0.2, -0.15) is 0 Å². The van der Waals surface area contributed by atoms with E-state index < -0.39 is 0 Å². The molecule has 0 aliphatic carbocycles. The summed E-state index contributed by atoms with van der Waals surface area (Å²) in [6.45, 7) is 3.04. The Morgan fingerprint density at radius 1 is 1.22 bits per heavy atom. The topological polar surface area (TPSA) is 12.0 Å². The average Bonchev–Trinajstić information content (AvgIpc) is 2.82. The minimum atomic E-state index is -0.154. The van der Waals surface area contributed by atoms with Crippen molar-refractivity contribution >= 4 is 11.3 Å². The summed E-state index contributed by atoms with van der Waals surface area (Å²) < 4.78 is 13.2. The molecule has 1 nitrogen and oxygen atoms in total. The van der Waals surface area contributed by atoms with Gasteiger partial charge in [-0.1, -0.05) is 25.1 Å². The number of nitrogens with one attached hydrogen (secondary N) is 1. The average molecular weight is 263 g/mol. The fraction of sp³-hybridized carbons (Fsp3) is 0.333. The van der Waals surface area contributed by atoms with E-state index in [1.165, 1.54) is 10.9 Å². The van der Waals surface area contributed by atoms with Crippen molar-refractivity contribution in [2.75, 3.05) is 6.54 Å². The molecule has 0 bridgehead atoms. The fourth-order valence-electron chi connectivity index (χ4n) is 2.13. The van der Waals surface area contributed by atoms with Crippen LogP contribution in [0.4, 0.5) is 4.39 Å². The van der Waals surface area contributed by atoms with Crippen LogP contribution in [0.2, 0.25) is 0 Å². The molecule has 0 radical (unpaired) electrons. The SMILES string of the molecule is CCNC(Cc1cccc(F)c1)Cc1cccs1. The van der Waals surface area contributed by atoms with E-state index in [1.807, 2.05) is 6.07 Å². The summed E-state index contributed by atoms with van der Waals surface area (Å²) >= 11 is 1.78. The van der Waals surface area contributed by atoms with Crippen molar-refractivity contribution in [2.24, 2.45) is 0 Å². The molecule has 0 amide bonds. The summed E-state index contributed by atoms with van der Waals surface area (Å²) in [4.78, 5) is 1.37. The molecular weight excluding hydrogens is 245 g/mol. The molecule has 0 aliphatic rings. The molecule has 0 saturated heterocycles. The summed E-state index contributed by atoms with van der Waals surface area (Å²) in [6, 6.07) is 11.5. The molecule has 1 aromatic carbocycles. The molecule has 1 atom stereocenters. The lowest BCUT2D eigenvalue weighted by atomic mass is 10.0. The van der Waals surface area contributed by atoms with E-state index in [1.54, 1.807) is 23.5 Å². The number of hydrogen-bond acceptors (Lipinski definition) is 2. The molecule has 0 fully saturated rings. The van der Waals surface area contributed by atoms with Gasteiger partial charge in [0.05, 0.1) is 0 Å². The Balaban J connectivity index is 2.01. The number of likely N-dealkylation sites (N-methyl/N-ethyl adjacent to an activating group) is 1. The quantitative estimate of drug-likeness (QED) is 0.839. The van der Waals surface area contributed by atoms with E-state index in [2.05, 4.69) is 29.8 Å². The van der Waals surface area contributed by atoms with E-state index in [4.69, 9.17) is 0 Å². The van der Waals surface area contributed by atoms with Gasteiger partial charge in [0.2, 0.25) is 0 Å². The van der Waals surface area contributed by atoms with Gasteiger partial charge in [-0.25, -0.2) is 4.39 Å². The van der Waals surface area contributed by atoms with Crippen LogP contribution in [0, 0.1) is 5.82 Å².